The molecule has 1 atom stereocenters. The van der Waals surface area contributed by atoms with E-state index in [1.807, 2.05) is 13.8 Å². The number of carbonyl (C=O) groups is 2. The molecule has 1 aromatic carbocycles. The third kappa shape index (κ3) is 5.42. The van der Waals surface area contributed by atoms with Gasteiger partial charge in [0.1, 0.15) is 5.25 Å². The summed E-state index contributed by atoms with van der Waals surface area (Å²) in [4.78, 5) is 24.6. The van der Waals surface area contributed by atoms with Gasteiger partial charge in [0, 0.05) is 17.5 Å². The van der Waals surface area contributed by atoms with Crippen molar-refractivity contribution in [3.05, 3.63) is 52.2 Å². The molecule has 8 heteroatoms. The molecule has 2 aromatic rings. The molecule has 0 aliphatic rings. The average Bonchev–Trinajstić information content (AvgIpc) is 3.15. The van der Waals surface area contributed by atoms with Crippen molar-refractivity contribution in [2.75, 3.05) is 6.54 Å². The van der Waals surface area contributed by atoms with Gasteiger partial charge in [-0.05, 0) is 48.9 Å². The van der Waals surface area contributed by atoms with Gasteiger partial charge in [-0.3, -0.25) is 9.59 Å². The molecule has 2 rings (SSSR count). The zero-order valence-electron chi connectivity index (χ0n) is 16.4. The van der Waals surface area contributed by atoms with Crippen LogP contribution >= 0.6 is 11.3 Å². The van der Waals surface area contributed by atoms with Gasteiger partial charge in [0.15, 0.2) is 9.84 Å². The maximum atomic E-state index is 13.2. The van der Waals surface area contributed by atoms with Crippen LogP contribution in [0.4, 0.5) is 0 Å². The molecule has 2 amide bonds. The van der Waals surface area contributed by atoms with Gasteiger partial charge in [-0.1, -0.05) is 32.0 Å². The van der Waals surface area contributed by atoms with Gasteiger partial charge >= 0.3 is 11.8 Å². The van der Waals surface area contributed by atoms with E-state index in [9.17, 15) is 18.0 Å². The van der Waals surface area contributed by atoms with Crippen LogP contribution in [0.5, 0.6) is 0 Å². The van der Waals surface area contributed by atoms with Crippen molar-refractivity contribution in [1.82, 2.24) is 10.6 Å². The van der Waals surface area contributed by atoms with E-state index in [0.29, 0.717) is 10.8 Å². The minimum atomic E-state index is -3.75. The van der Waals surface area contributed by atoms with Crippen LogP contribution < -0.4 is 10.6 Å². The van der Waals surface area contributed by atoms with Crippen molar-refractivity contribution in [3.63, 3.8) is 0 Å². The average molecular weight is 423 g/mol. The van der Waals surface area contributed by atoms with E-state index in [1.54, 1.807) is 55.6 Å². The first-order valence-corrected chi connectivity index (χ1v) is 11.5. The molecule has 0 aliphatic carbocycles. The highest BCUT2D eigenvalue weighted by atomic mass is 32.2. The van der Waals surface area contributed by atoms with Crippen molar-refractivity contribution in [3.8, 4) is 0 Å². The lowest BCUT2D eigenvalue weighted by atomic mass is 10.0. The third-order valence-electron chi connectivity index (χ3n) is 4.18. The van der Waals surface area contributed by atoms with Gasteiger partial charge in [0.25, 0.3) is 0 Å². The van der Waals surface area contributed by atoms with Gasteiger partial charge in [-0.2, -0.15) is 0 Å². The second-order valence-corrected chi connectivity index (χ2v) is 10.2. The van der Waals surface area contributed by atoms with Crippen LogP contribution in [0.15, 0.2) is 46.7 Å². The molecule has 0 bridgehead atoms. The van der Waals surface area contributed by atoms with Crippen LogP contribution in [-0.4, -0.2) is 32.8 Å². The topological polar surface area (TPSA) is 92.3 Å². The number of nitrogens with one attached hydrogen (secondary N) is 2. The van der Waals surface area contributed by atoms with Crippen LogP contribution in [0.1, 0.15) is 49.3 Å². The first kappa shape index (κ1) is 22.1. The zero-order valence-corrected chi connectivity index (χ0v) is 18.1. The number of amides is 2. The lowest BCUT2D eigenvalue weighted by Gasteiger charge is -2.18. The van der Waals surface area contributed by atoms with Gasteiger partial charge in [-0.25, -0.2) is 8.42 Å². The summed E-state index contributed by atoms with van der Waals surface area (Å²) in [5.74, 6) is -1.33. The predicted molar refractivity (Wildman–Crippen MR) is 111 cm³/mol. The van der Waals surface area contributed by atoms with Crippen molar-refractivity contribution in [2.45, 2.75) is 49.8 Å². The van der Waals surface area contributed by atoms with Crippen LogP contribution in [-0.2, 0) is 19.4 Å². The summed E-state index contributed by atoms with van der Waals surface area (Å²) < 4.78 is 26.5. The Morgan fingerprint density at radius 1 is 1.00 bits per heavy atom. The Hall–Kier alpha value is -2.19. The standard InChI is InChI=1S/C20H26N2O4S2/c1-13(2)15-7-9-16(10-8-15)28(25,26)18(17-6-5-11-27-17)12-21-19(23)20(24)22-14(3)4/h5-11,13-14,18H,12H2,1-4H3,(H,21,23)(H,22,24)/t18-/m0/s1. The van der Waals surface area contributed by atoms with Gasteiger partial charge in [0.05, 0.1) is 4.90 Å². The highest BCUT2D eigenvalue weighted by molar-refractivity contribution is 7.91. The Morgan fingerprint density at radius 3 is 2.14 bits per heavy atom. The zero-order chi connectivity index (χ0) is 20.9. The molecule has 0 saturated heterocycles. The lowest BCUT2D eigenvalue weighted by molar-refractivity contribution is -0.139. The quantitative estimate of drug-likeness (QED) is 0.671. The molecular formula is C20H26N2O4S2. The summed E-state index contributed by atoms with van der Waals surface area (Å²) in [6, 6.07) is 10.1. The van der Waals surface area contributed by atoms with Crippen LogP contribution in [0.25, 0.3) is 0 Å². The Labute approximate surface area is 170 Å². The van der Waals surface area contributed by atoms with E-state index >= 15 is 0 Å². The smallest absolute Gasteiger partial charge is 0.309 e. The van der Waals surface area contributed by atoms with Gasteiger partial charge in [0.2, 0.25) is 0 Å². The molecule has 0 unspecified atom stereocenters. The van der Waals surface area contributed by atoms with E-state index in [4.69, 9.17) is 0 Å². The molecule has 0 saturated carbocycles. The van der Waals surface area contributed by atoms with Crippen molar-refractivity contribution in [2.24, 2.45) is 0 Å². The Morgan fingerprint density at radius 2 is 1.64 bits per heavy atom. The first-order chi connectivity index (χ1) is 13.1. The monoisotopic (exact) mass is 422 g/mol. The summed E-state index contributed by atoms with van der Waals surface area (Å²) >= 11 is 1.30. The normalized spacial score (nSPS) is 12.8. The van der Waals surface area contributed by atoms with Crippen molar-refractivity contribution in [1.29, 1.82) is 0 Å². The highest BCUT2D eigenvalue weighted by Crippen LogP contribution is 2.32. The largest absolute Gasteiger partial charge is 0.346 e. The fraction of sp³-hybridized carbons (Fsp3) is 0.400. The summed E-state index contributed by atoms with van der Waals surface area (Å²) in [7, 11) is -3.75. The molecular weight excluding hydrogens is 396 g/mol. The maximum Gasteiger partial charge on any atom is 0.309 e. The molecule has 0 aliphatic heterocycles. The summed E-state index contributed by atoms with van der Waals surface area (Å²) in [6.07, 6.45) is 0. The number of sulfone groups is 1. The summed E-state index contributed by atoms with van der Waals surface area (Å²) in [5, 5.41) is 5.77. The third-order valence-corrected chi connectivity index (χ3v) is 7.42. The van der Waals surface area contributed by atoms with Crippen molar-refractivity contribution >= 4 is 33.0 Å². The first-order valence-electron chi connectivity index (χ1n) is 9.09. The molecule has 6 nitrogen and oxygen atoms in total. The second kappa shape index (κ2) is 9.34. The fourth-order valence-electron chi connectivity index (χ4n) is 2.64. The highest BCUT2D eigenvalue weighted by Gasteiger charge is 2.31. The molecule has 0 radical (unpaired) electrons. The van der Waals surface area contributed by atoms with E-state index in [-0.39, 0.29) is 17.5 Å². The van der Waals surface area contributed by atoms with Crippen LogP contribution in [0.2, 0.25) is 0 Å². The van der Waals surface area contributed by atoms with Crippen LogP contribution in [0.3, 0.4) is 0 Å². The molecule has 0 spiro atoms. The number of thiophene rings is 1. The fourth-order valence-corrected chi connectivity index (χ4v) is 5.42. The SMILES string of the molecule is CC(C)NC(=O)C(=O)NC[C@@H](c1cccs1)S(=O)(=O)c1ccc(C(C)C)cc1. The molecule has 1 aromatic heterocycles. The number of benzene rings is 1. The number of carbonyl (C=O) groups excluding carboxylic acids is 2. The minimum absolute atomic E-state index is 0.181. The molecule has 0 fully saturated rings. The van der Waals surface area contributed by atoms with E-state index in [1.165, 1.54) is 11.3 Å². The summed E-state index contributed by atoms with van der Waals surface area (Å²) in [6.45, 7) is 7.38. The number of hydrogen-bond donors (Lipinski definition) is 2. The Kier molecular flexibility index (Phi) is 7.37. The van der Waals surface area contributed by atoms with Crippen molar-refractivity contribution < 1.29 is 18.0 Å². The van der Waals surface area contributed by atoms with E-state index in [2.05, 4.69) is 10.6 Å². The summed E-state index contributed by atoms with van der Waals surface area (Å²) in [5.41, 5.74) is 1.05. The Balaban J connectivity index is 2.25. The number of rotatable bonds is 7. The molecule has 28 heavy (non-hydrogen) atoms. The van der Waals surface area contributed by atoms with E-state index in [0.717, 1.165) is 5.56 Å². The van der Waals surface area contributed by atoms with Gasteiger partial charge in [-0.15, -0.1) is 11.3 Å². The minimum Gasteiger partial charge on any atom is -0.346 e. The molecule has 152 valence electrons. The Bertz CT molecular complexity index is 902. The maximum absolute atomic E-state index is 13.2. The lowest BCUT2D eigenvalue weighted by Crippen LogP contribution is -2.44. The second-order valence-electron chi connectivity index (χ2n) is 7.11. The molecule has 2 N–H and O–H groups in total. The van der Waals surface area contributed by atoms with E-state index < -0.39 is 26.9 Å². The predicted octanol–water partition coefficient (Wildman–Crippen LogP) is 3.03. The van der Waals surface area contributed by atoms with Crippen LogP contribution in [0, 0.1) is 0 Å². The number of hydrogen-bond acceptors (Lipinski definition) is 5. The molecule has 1 heterocycles. The van der Waals surface area contributed by atoms with Gasteiger partial charge < -0.3 is 10.6 Å².